The lowest BCUT2D eigenvalue weighted by molar-refractivity contribution is -0.153. The third-order valence-electron chi connectivity index (χ3n) is 6.35. The Morgan fingerprint density at radius 1 is 1.18 bits per heavy atom. The molecule has 184 valence electrons. The van der Waals surface area contributed by atoms with Crippen LogP contribution in [0.5, 0.6) is 5.75 Å². The van der Waals surface area contributed by atoms with Crippen LogP contribution in [0.1, 0.15) is 19.3 Å². The van der Waals surface area contributed by atoms with E-state index in [0.717, 1.165) is 0 Å². The number of hydrogen-bond donors (Lipinski definition) is 1. The van der Waals surface area contributed by atoms with Gasteiger partial charge in [-0.1, -0.05) is 6.07 Å². The summed E-state index contributed by atoms with van der Waals surface area (Å²) in [5, 5.41) is 10.3. The molecule has 33 heavy (non-hydrogen) atoms. The first-order chi connectivity index (χ1) is 15.9. The van der Waals surface area contributed by atoms with E-state index >= 15 is 0 Å². The van der Waals surface area contributed by atoms with E-state index in [2.05, 4.69) is 0 Å². The van der Waals surface area contributed by atoms with Gasteiger partial charge in [-0.3, -0.25) is 4.79 Å². The van der Waals surface area contributed by atoms with Crippen LogP contribution >= 0.6 is 0 Å². The molecule has 4 atom stereocenters. The summed E-state index contributed by atoms with van der Waals surface area (Å²) < 4.78 is 50.8. The predicted octanol–water partition coefficient (Wildman–Crippen LogP) is 0.242. The Morgan fingerprint density at radius 3 is 2.73 bits per heavy atom. The Labute approximate surface area is 194 Å². The first-order valence-corrected chi connectivity index (χ1v) is 12.7. The largest absolute Gasteiger partial charge is 0.497 e. The molecule has 0 saturated carbocycles. The molecule has 3 heterocycles. The van der Waals surface area contributed by atoms with Crippen molar-refractivity contribution in [1.82, 2.24) is 9.21 Å². The number of nitrogens with zero attached hydrogens (tertiary/aromatic N) is 2. The number of aliphatic hydroxyl groups excluding tert-OH is 1. The summed E-state index contributed by atoms with van der Waals surface area (Å²) in [6, 6.07) is 5.78. The van der Waals surface area contributed by atoms with Crippen molar-refractivity contribution in [2.24, 2.45) is 0 Å². The van der Waals surface area contributed by atoms with E-state index in [1.807, 2.05) is 0 Å². The predicted molar refractivity (Wildman–Crippen MR) is 117 cm³/mol. The minimum Gasteiger partial charge on any atom is -0.497 e. The third kappa shape index (κ3) is 5.67. The van der Waals surface area contributed by atoms with Gasteiger partial charge in [0.25, 0.3) is 0 Å². The zero-order valence-electron chi connectivity index (χ0n) is 18.8. The van der Waals surface area contributed by atoms with Gasteiger partial charge in [0.05, 0.1) is 69.2 Å². The second-order valence-electron chi connectivity index (χ2n) is 8.58. The highest BCUT2D eigenvalue weighted by molar-refractivity contribution is 7.89. The van der Waals surface area contributed by atoms with Crippen molar-refractivity contribution >= 4 is 15.9 Å². The van der Waals surface area contributed by atoms with E-state index in [-0.39, 0.29) is 43.1 Å². The lowest BCUT2D eigenvalue weighted by Crippen LogP contribution is -2.57. The number of hydrogen-bond acceptors (Lipinski definition) is 8. The molecule has 1 N–H and O–H groups in total. The Bertz CT molecular complexity index is 921. The standard InChI is InChI=1S/C22H32N2O8S/c1-29-17-3-2-4-19(11-17)33(27,28)24-13-16(25)14-31-15-21-20(24)6-5-18(32-21)12-22(26)23-7-9-30-10-8-23/h2-4,11,16,18,20-21,25H,5-10,12-15H2,1H3/t16-,18-,20+,21-/m0/s1. The first kappa shape index (κ1) is 24.4. The fourth-order valence-electron chi connectivity index (χ4n) is 4.60. The molecule has 1 aromatic carbocycles. The van der Waals surface area contributed by atoms with Crippen molar-refractivity contribution in [2.45, 2.75) is 48.5 Å². The van der Waals surface area contributed by atoms with Crippen molar-refractivity contribution in [3.8, 4) is 5.75 Å². The molecule has 3 saturated heterocycles. The Morgan fingerprint density at radius 2 is 1.97 bits per heavy atom. The van der Waals surface area contributed by atoms with Gasteiger partial charge >= 0.3 is 0 Å². The number of benzene rings is 1. The lowest BCUT2D eigenvalue weighted by atomic mass is 9.96. The lowest BCUT2D eigenvalue weighted by Gasteiger charge is -2.43. The van der Waals surface area contributed by atoms with Crippen LogP contribution in [0.3, 0.4) is 0 Å². The van der Waals surface area contributed by atoms with Gasteiger partial charge in [0.2, 0.25) is 15.9 Å². The molecule has 0 aromatic heterocycles. The number of amides is 1. The third-order valence-corrected chi connectivity index (χ3v) is 8.23. The molecule has 0 radical (unpaired) electrons. The van der Waals surface area contributed by atoms with Crippen LogP contribution in [0.4, 0.5) is 0 Å². The molecule has 1 aromatic rings. The number of ether oxygens (including phenoxy) is 4. The number of carbonyl (C=O) groups excluding carboxylic acids is 1. The fraction of sp³-hybridized carbons (Fsp3) is 0.682. The molecule has 0 spiro atoms. The van der Waals surface area contributed by atoms with E-state index in [1.165, 1.54) is 23.5 Å². The maximum absolute atomic E-state index is 13.6. The molecule has 3 aliphatic heterocycles. The topological polar surface area (TPSA) is 115 Å². The summed E-state index contributed by atoms with van der Waals surface area (Å²) in [5.74, 6) is 0.454. The van der Waals surface area contributed by atoms with Gasteiger partial charge in [0.15, 0.2) is 0 Å². The molecule has 3 aliphatic rings. The van der Waals surface area contributed by atoms with Gasteiger partial charge in [0, 0.05) is 25.7 Å². The van der Waals surface area contributed by atoms with Crippen LogP contribution in [0, 0.1) is 0 Å². The Kier molecular flexibility index (Phi) is 7.87. The van der Waals surface area contributed by atoms with Gasteiger partial charge in [-0.2, -0.15) is 4.31 Å². The average molecular weight is 485 g/mol. The molecule has 0 bridgehead atoms. The van der Waals surface area contributed by atoms with Gasteiger partial charge < -0.3 is 29.0 Å². The highest BCUT2D eigenvalue weighted by Gasteiger charge is 2.43. The van der Waals surface area contributed by atoms with Crippen LogP contribution < -0.4 is 4.74 Å². The summed E-state index contributed by atoms with van der Waals surface area (Å²) in [6.07, 6.45) is -0.506. The quantitative estimate of drug-likeness (QED) is 0.632. The number of methoxy groups -OCH3 is 1. The SMILES string of the molecule is COc1cccc(S(=O)(=O)N2C[C@H](O)COC[C@@H]3O[C@H](CC(=O)N4CCOCC4)CC[C@H]32)c1. The minimum absolute atomic E-state index is 0.00802. The Balaban J connectivity index is 1.51. The smallest absolute Gasteiger partial charge is 0.243 e. The molecule has 10 nitrogen and oxygen atoms in total. The number of fused-ring (bicyclic) bond motifs is 1. The normalized spacial score (nSPS) is 29.6. The van der Waals surface area contributed by atoms with E-state index < -0.39 is 28.3 Å². The number of morpholine rings is 1. The van der Waals surface area contributed by atoms with Crippen LogP contribution in [0.2, 0.25) is 0 Å². The highest BCUT2D eigenvalue weighted by Crippen LogP contribution is 2.32. The van der Waals surface area contributed by atoms with E-state index in [4.69, 9.17) is 18.9 Å². The van der Waals surface area contributed by atoms with Crippen molar-refractivity contribution in [3.05, 3.63) is 24.3 Å². The summed E-state index contributed by atoms with van der Waals surface area (Å²) in [7, 11) is -2.45. The van der Waals surface area contributed by atoms with Gasteiger partial charge in [-0.15, -0.1) is 0 Å². The van der Waals surface area contributed by atoms with E-state index in [9.17, 15) is 18.3 Å². The number of aliphatic hydroxyl groups is 1. The van der Waals surface area contributed by atoms with Crippen LogP contribution in [0.25, 0.3) is 0 Å². The first-order valence-electron chi connectivity index (χ1n) is 11.3. The maximum atomic E-state index is 13.6. The van der Waals surface area contributed by atoms with E-state index in [0.29, 0.717) is 44.9 Å². The highest BCUT2D eigenvalue weighted by atomic mass is 32.2. The molecule has 3 fully saturated rings. The number of sulfonamides is 1. The molecule has 11 heteroatoms. The van der Waals surface area contributed by atoms with Gasteiger partial charge in [-0.05, 0) is 25.0 Å². The molecule has 1 amide bonds. The minimum atomic E-state index is -3.93. The number of β-amino-alcohol motifs (C(OH)–C–C–N with tert-alkyl or cyclic N) is 1. The number of rotatable bonds is 5. The summed E-state index contributed by atoms with van der Waals surface area (Å²) in [4.78, 5) is 14.5. The van der Waals surface area contributed by atoms with Crippen molar-refractivity contribution in [3.63, 3.8) is 0 Å². The summed E-state index contributed by atoms with van der Waals surface area (Å²) in [6.45, 7) is 2.28. The average Bonchev–Trinajstić information content (AvgIpc) is 2.82. The summed E-state index contributed by atoms with van der Waals surface area (Å²) >= 11 is 0. The van der Waals surface area contributed by atoms with Crippen molar-refractivity contribution in [2.75, 3.05) is 53.2 Å². The number of carbonyl (C=O) groups is 1. The van der Waals surface area contributed by atoms with E-state index in [1.54, 1.807) is 17.0 Å². The molecule has 4 rings (SSSR count). The van der Waals surface area contributed by atoms with Crippen LogP contribution in [-0.2, 0) is 29.0 Å². The molecule has 0 aliphatic carbocycles. The second kappa shape index (κ2) is 10.7. The molecular weight excluding hydrogens is 452 g/mol. The van der Waals surface area contributed by atoms with Gasteiger partial charge in [0.1, 0.15) is 5.75 Å². The maximum Gasteiger partial charge on any atom is 0.243 e. The van der Waals surface area contributed by atoms with Crippen molar-refractivity contribution < 1.29 is 37.3 Å². The Hall–Kier alpha value is -1.76. The zero-order chi connectivity index (χ0) is 23.4. The van der Waals surface area contributed by atoms with Crippen LogP contribution in [0.15, 0.2) is 29.2 Å². The summed E-state index contributed by atoms with van der Waals surface area (Å²) in [5.41, 5.74) is 0. The zero-order valence-corrected chi connectivity index (χ0v) is 19.6. The molecule has 0 unspecified atom stereocenters. The monoisotopic (exact) mass is 484 g/mol. The van der Waals surface area contributed by atoms with Crippen LogP contribution in [-0.4, -0.2) is 106 Å². The van der Waals surface area contributed by atoms with Crippen molar-refractivity contribution in [1.29, 1.82) is 0 Å². The van der Waals surface area contributed by atoms with Gasteiger partial charge in [-0.25, -0.2) is 8.42 Å². The fourth-order valence-corrected chi connectivity index (χ4v) is 6.36. The second-order valence-corrected chi connectivity index (χ2v) is 10.5. The molecular formula is C22H32N2O8S.